The van der Waals surface area contributed by atoms with E-state index in [9.17, 15) is 9.18 Å². The van der Waals surface area contributed by atoms with Crippen LogP contribution in [0.15, 0.2) is 24.3 Å². The Bertz CT molecular complexity index is 537. The number of piperidine rings is 2. The maximum Gasteiger partial charge on any atom is 0.240 e. The summed E-state index contributed by atoms with van der Waals surface area (Å²) in [7, 11) is 1.65. The van der Waals surface area contributed by atoms with Crippen molar-refractivity contribution >= 4 is 5.91 Å². The lowest BCUT2D eigenvalue weighted by molar-refractivity contribution is -0.146. The summed E-state index contributed by atoms with van der Waals surface area (Å²) in [4.78, 5) is 16.7. The zero-order valence-electron chi connectivity index (χ0n) is 13.0. The Morgan fingerprint density at radius 1 is 1.36 bits per heavy atom. The van der Waals surface area contributed by atoms with Crippen molar-refractivity contribution in [3.05, 3.63) is 35.6 Å². The van der Waals surface area contributed by atoms with E-state index >= 15 is 0 Å². The van der Waals surface area contributed by atoms with Gasteiger partial charge in [0.1, 0.15) is 5.82 Å². The summed E-state index contributed by atoms with van der Waals surface area (Å²) in [5.74, 6) is 0.546. The molecule has 2 aliphatic rings. The maximum absolute atomic E-state index is 13.9. The summed E-state index contributed by atoms with van der Waals surface area (Å²) in [6.07, 6.45) is 1.97. The molecular formula is C17H23FN2O2. The minimum atomic E-state index is -0.191. The van der Waals surface area contributed by atoms with Crippen LogP contribution in [0.3, 0.4) is 0 Å². The lowest BCUT2D eigenvalue weighted by Crippen LogP contribution is -2.59. The molecule has 4 nitrogen and oxygen atoms in total. The van der Waals surface area contributed by atoms with Crippen molar-refractivity contribution in [1.29, 1.82) is 0 Å². The van der Waals surface area contributed by atoms with Gasteiger partial charge >= 0.3 is 0 Å². The molecule has 2 aliphatic heterocycles. The van der Waals surface area contributed by atoms with E-state index in [4.69, 9.17) is 4.74 Å². The quantitative estimate of drug-likeness (QED) is 0.833. The zero-order valence-corrected chi connectivity index (χ0v) is 13.0. The number of fused-ring (bicyclic) bond motifs is 2. The molecule has 0 spiro atoms. The Hall–Kier alpha value is -1.46. The van der Waals surface area contributed by atoms with Gasteiger partial charge in [-0.25, -0.2) is 4.39 Å². The molecule has 1 amide bonds. The van der Waals surface area contributed by atoms with Crippen molar-refractivity contribution < 1.29 is 13.9 Å². The van der Waals surface area contributed by atoms with Gasteiger partial charge in [-0.1, -0.05) is 18.2 Å². The Balaban J connectivity index is 1.71. The second-order valence-electron chi connectivity index (χ2n) is 6.25. The molecule has 2 saturated heterocycles. The van der Waals surface area contributed by atoms with Gasteiger partial charge in [0.15, 0.2) is 0 Å². The molecule has 1 aromatic rings. The van der Waals surface area contributed by atoms with Crippen LogP contribution < -0.4 is 0 Å². The predicted molar refractivity (Wildman–Crippen MR) is 81.8 cm³/mol. The summed E-state index contributed by atoms with van der Waals surface area (Å²) in [6.45, 7) is 3.43. The molecule has 0 unspecified atom stereocenters. The molecule has 3 rings (SSSR count). The van der Waals surface area contributed by atoms with Gasteiger partial charge in [-0.3, -0.25) is 9.69 Å². The standard InChI is InChI=1S/C17H23FN2O2/c1-22-9-8-20-11-13-6-7-19(16(10-13)17(20)21)12-14-4-2-3-5-15(14)18/h2-5,13,16H,6-12H2,1H3/t13-,16+/m0/s1. The third-order valence-electron chi connectivity index (χ3n) is 4.79. The van der Waals surface area contributed by atoms with Gasteiger partial charge in [-0.05, 0) is 31.4 Å². The molecule has 2 heterocycles. The molecule has 120 valence electrons. The normalized spacial score (nSPS) is 25.5. The summed E-state index contributed by atoms with van der Waals surface area (Å²) >= 11 is 0. The fourth-order valence-corrected chi connectivity index (χ4v) is 3.56. The Labute approximate surface area is 130 Å². The van der Waals surface area contributed by atoms with E-state index < -0.39 is 0 Å². The van der Waals surface area contributed by atoms with Crippen molar-refractivity contribution in [3.8, 4) is 0 Å². The van der Waals surface area contributed by atoms with Gasteiger partial charge in [0.2, 0.25) is 5.91 Å². The topological polar surface area (TPSA) is 32.8 Å². The molecule has 2 atom stereocenters. The third kappa shape index (κ3) is 3.15. The van der Waals surface area contributed by atoms with E-state index in [-0.39, 0.29) is 17.8 Å². The highest BCUT2D eigenvalue weighted by Crippen LogP contribution is 2.31. The Morgan fingerprint density at radius 3 is 2.95 bits per heavy atom. The summed E-state index contributed by atoms with van der Waals surface area (Å²) in [5.41, 5.74) is 0.669. The average molecular weight is 306 g/mol. The highest BCUT2D eigenvalue weighted by Gasteiger charge is 2.40. The third-order valence-corrected chi connectivity index (χ3v) is 4.79. The van der Waals surface area contributed by atoms with Crippen LogP contribution in [-0.4, -0.2) is 55.1 Å². The highest BCUT2D eigenvalue weighted by molar-refractivity contribution is 5.83. The van der Waals surface area contributed by atoms with Gasteiger partial charge in [0, 0.05) is 32.3 Å². The first-order valence-electron chi connectivity index (χ1n) is 7.94. The number of nitrogens with zero attached hydrogens (tertiary/aromatic N) is 2. The number of hydrogen-bond acceptors (Lipinski definition) is 3. The van der Waals surface area contributed by atoms with E-state index in [1.165, 1.54) is 6.07 Å². The molecule has 0 aliphatic carbocycles. The van der Waals surface area contributed by atoms with Gasteiger partial charge in [0.05, 0.1) is 12.6 Å². The number of halogens is 1. The molecule has 0 saturated carbocycles. The van der Waals surface area contributed by atoms with Crippen molar-refractivity contribution in [2.75, 3.05) is 33.4 Å². The largest absolute Gasteiger partial charge is 0.383 e. The van der Waals surface area contributed by atoms with Gasteiger partial charge in [-0.2, -0.15) is 0 Å². The second kappa shape index (κ2) is 6.75. The zero-order chi connectivity index (χ0) is 15.5. The smallest absolute Gasteiger partial charge is 0.240 e. The molecular weight excluding hydrogens is 283 g/mol. The van der Waals surface area contributed by atoms with Gasteiger partial charge in [-0.15, -0.1) is 0 Å². The van der Waals surface area contributed by atoms with Crippen LogP contribution in [0, 0.1) is 11.7 Å². The molecule has 2 bridgehead atoms. The number of methoxy groups -OCH3 is 1. The molecule has 22 heavy (non-hydrogen) atoms. The van der Waals surface area contributed by atoms with E-state index in [1.807, 2.05) is 11.0 Å². The summed E-state index contributed by atoms with van der Waals surface area (Å²) < 4.78 is 19.0. The number of ether oxygens (including phenoxy) is 1. The molecule has 5 heteroatoms. The van der Waals surface area contributed by atoms with Gasteiger partial charge < -0.3 is 9.64 Å². The number of likely N-dealkylation sites (tertiary alicyclic amines) is 2. The molecule has 0 N–H and O–H groups in total. The molecule has 1 aromatic carbocycles. The minimum Gasteiger partial charge on any atom is -0.383 e. The number of benzene rings is 1. The maximum atomic E-state index is 13.9. The fraction of sp³-hybridized carbons (Fsp3) is 0.588. The van der Waals surface area contributed by atoms with Crippen LogP contribution in [0.5, 0.6) is 0 Å². The van der Waals surface area contributed by atoms with Crippen LogP contribution >= 0.6 is 0 Å². The number of carbonyl (C=O) groups is 1. The first kappa shape index (κ1) is 15.4. The van der Waals surface area contributed by atoms with E-state index in [0.717, 1.165) is 25.9 Å². The number of hydrogen-bond donors (Lipinski definition) is 0. The first-order chi connectivity index (χ1) is 10.7. The second-order valence-corrected chi connectivity index (χ2v) is 6.25. The van der Waals surface area contributed by atoms with Gasteiger partial charge in [0.25, 0.3) is 0 Å². The average Bonchev–Trinajstić information content (AvgIpc) is 2.53. The Morgan fingerprint density at radius 2 is 2.18 bits per heavy atom. The fourth-order valence-electron chi connectivity index (χ4n) is 3.56. The van der Waals surface area contributed by atoms with Crippen LogP contribution in [0.1, 0.15) is 18.4 Å². The highest BCUT2D eigenvalue weighted by atomic mass is 19.1. The number of amides is 1. The van der Waals surface area contributed by atoms with Crippen molar-refractivity contribution in [1.82, 2.24) is 9.80 Å². The summed E-state index contributed by atoms with van der Waals surface area (Å²) in [6, 6.07) is 6.72. The minimum absolute atomic E-state index is 0.107. The van der Waals surface area contributed by atoms with E-state index in [1.54, 1.807) is 19.2 Å². The summed E-state index contributed by atoms with van der Waals surface area (Å²) in [5, 5.41) is 0. The van der Waals surface area contributed by atoms with Crippen LogP contribution in [0.2, 0.25) is 0 Å². The van der Waals surface area contributed by atoms with Crippen molar-refractivity contribution in [3.63, 3.8) is 0 Å². The van der Waals surface area contributed by atoms with Crippen molar-refractivity contribution in [2.45, 2.75) is 25.4 Å². The number of carbonyl (C=O) groups excluding carboxylic acids is 1. The Kier molecular flexibility index (Phi) is 4.74. The lowest BCUT2D eigenvalue weighted by Gasteiger charge is -2.46. The predicted octanol–water partition coefficient (Wildman–Crippen LogP) is 1.89. The first-order valence-corrected chi connectivity index (χ1v) is 7.94. The number of rotatable bonds is 5. The van der Waals surface area contributed by atoms with Crippen molar-refractivity contribution in [2.24, 2.45) is 5.92 Å². The van der Waals surface area contributed by atoms with E-state index in [2.05, 4.69) is 4.90 Å². The van der Waals surface area contributed by atoms with Crippen LogP contribution in [-0.2, 0) is 16.1 Å². The van der Waals surface area contributed by atoms with Crippen LogP contribution in [0.4, 0.5) is 4.39 Å². The molecule has 0 radical (unpaired) electrons. The SMILES string of the molecule is COCCN1C[C@H]2CCN(Cc3ccccc3F)[C@H](C2)C1=O. The van der Waals surface area contributed by atoms with E-state index in [0.29, 0.717) is 31.2 Å². The lowest BCUT2D eigenvalue weighted by atomic mass is 9.85. The van der Waals surface area contributed by atoms with Crippen LogP contribution in [0.25, 0.3) is 0 Å². The molecule has 0 aromatic heterocycles. The molecule has 2 fully saturated rings. The monoisotopic (exact) mass is 306 g/mol.